The van der Waals surface area contributed by atoms with Crippen molar-refractivity contribution in [1.82, 2.24) is 0 Å². The topological polar surface area (TPSA) is 35.5 Å². The molecular weight excluding hydrogens is 320 g/mol. The Morgan fingerprint density at radius 3 is 2.65 bits per heavy atom. The van der Waals surface area contributed by atoms with Crippen LogP contribution in [0.15, 0.2) is 22.7 Å². The van der Waals surface area contributed by atoms with Gasteiger partial charge < -0.3 is 9.47 Å². The minimum atomic E-state index is 0.194. The van der Waals surface area contributed by atoms with Crippen molar-refractivity contribution in [2.45, 2.75) is 39.2 Å². The zero-order valence-corrected chi connectivity index (χ0v) is 13.6. The van der Waals surface area contributed by atoms with Gasteiger partial charge in [-0.3, -0.25) is 4.79 Å². The van der Waals surface area contributed by atoms with E-state index in [1.807, 2.05) is 32.0 Å². The van der Waals surface area contributed by atoms with Gasteiger partial charge in [-0.05, 0) is 66.7 Å². The SMILES string of the molecule is CCOc1ccc(C(=O)CC2CC(OCC)C2)c(Br)c1. The van der Waals surface area contributed by atoms with Gasteiger partial charge in [0.15, 0.2) is 5.78 Å². The standard InChI is InChI=1S/C16H21BrO3/c1-3-19-12-5-6-14(15(17)10-12)16(18)9-11-7-13(8-11)20-4-2/h5-6,10-11,13H,3-4,7-9H2,1-2H3. The molecule has 1 fully saturated rings. The van der Waals surface area contributed by atoms with Crippen LogP contribution in [0.4, 0.5) is 0 Å². The summed E-state index contributed by atoms with van der Waals surface area (Å²) in [5.74, 6) is 1.45. The van der Waals surface area contributed by atoms with Gasteiger partial charge in [-0.15, -0.1) is 0 Å². The molecule has 0 spiro atoms. The summed E-state index contributed by atoms with van der Waals surface area (Å²) in [6.07, 6.45) is 2.99. The highest BCUT2D eigenvalue weighted by Crippen LogP contribution is 2.34. The predicted octanol–water partition coefficient (Wildman–Crippen LogP) is 4.24. The number of benzene rings is 1. The van der Waals surface area contributed by atoms with Crippen molar-refractivity contribution >= 4 is 21.7 Å². The molecule has 0 aromatic heterocycles. The van der Waals surface area contributed by atoms with Crippen LogP contribution in [0.25, 0.3) is 0 Å². The van der Waals surface area contributed by atoms with Gasteiger partial charge in [-0.25, -0.2) is 0 Å². The molecule has 1 aromatic carbocycles. The van der Waals surface area contributed by atoms with Gasteiger partial charge in [0.25, 0.3) is 0 Å². The zero-order chi connectivity index (χ0) is 14.5. The van der Waals surface area contributed by atoms with Gasteiger partial charge in [0, 0.05) is 23.1 Å². The molecule has 3 nitrogen and oxygen atoms in total. The Bertz CT molecular complexity index is 467. The molecule has 0 radical (unpaired) electrons. The van der Waals surface area contributed by atoms with E-state index in [-0.39, 0.29) is 5.78 Å². The Hall–Kier alpha value is -0.870. The van der Waals surface area contributed by atoms with Crippen LogP contribution >= 0.6 is 15.9 Å². The van der Waals surface area contributed by atoms with Crippen LogP contribution < -0.4 is 4.74 Å². The van der Waals surface area contributed by atoms with Crippen LogP contribution in [-0.2, 0) is 4.74 Å². The maximum Gasteiger partial charge on any atom is 0.164 e. The maximum absolute atomic E-state index is 12.3. The second kappa shape index (κ2) is 7.23. The second-order valence-electron chi connectivity index (χ2n) is 5.12. The van der Waals surface area contributed by atoms with Gasteiger partial charge >= 0.3 is 0 Å². The average molecular weight is 341 g/mol. The summed E-state index contributed by atoms with van der Waals surface area (Å²) in [6.45, 7) is 5.34. The van der Waals surface area contributed by atoms with Crippen molar-refractivity contribution < 1.29 is 14.3 Å². The number of carbonyl (C=O) groups excluding carboxylic acids is 1. The molecule has 1 aliphatic carbocycles. The lowest BCUT2D eigenvalue weighted by molar-refractivity contribution is -0.0246. The fourth-order valence-electron chi connectivity index (χ4n) is 2.56. The third-order valence-electron chi connectivity index (χ3n) is 3.62. The molecule has 0 saturated heterocycles. The largest absolute Gasteiger partial charge is 0.494 e. The average Bonchev–Trinajstić information content (AvgIpc) is 2.36. The highest BCUT2D eigenvalue weighted by molar-refractivity contribution is 9.10. The maximum atomic E-state index is 12.3. The molecule has 2 rings (SSSR count). The molecule has 0 heterocycles. The van der Waals surface area contributed by atoms with Crippen LogP contribution in [0.5, 0.6) is 5.75 Å². The van der Waals surface area contributed by atoms with Crippen molar-refractivity contribution in [3.63, 3.8) is 0 Å². The van der Waals surface area contributed by atoms with Crippen LogP contribution in [-0.4, -0.2) is 25.1 Å². The molecule has 20 heavy (non-hydrogen) atoms. The van der Waals surface area contributed by atoms with Gasteiger partial charge in [0.05, 0.1) is 12.7 Å². The third-order valence-corrected chi connectivity index (χ3v) is 4.28. The van der Waals surface area contributed by atoms with E-state index in [0.717, 1.165) is 35.2 Å². The van der Waals surface area contributed by atoms with E-state index in [0.29, 0.717) is 25.0 Å². The number of hydrogen-bond acceptors (Lipinski definition) is 3. The predicted molar refractivity (Wildman–Crippen MR) is 82.4 cm³/mol. The number of hydrogen-bond donors (Lipinski definition) is 0. The minimum absolute atomic E-state index is 0.194. The van der Waals surface area contributed by atoms with Crippen molar-refractivity contribution in [3.8, 4) is 5.75 Å². The van der Waals surface area contributed by atoms with Crippen LogP contribution in [0.1, 0.15) is 43.5 Å². The molecule has 4 heteroatoms. The second-order valence-corrected chi connectivity index (χ2v) is 5.97. The Balaban J connectivity index is 1.90. The Kier molecular flexibility index (Phi) is 5.61. The Morgan fingerprint density at radius 1 is 1.30 bits per heavy atom. The van der Waals surface area contributed by atoms with E-state index in [1.54, 1.807) is 0 Å². The fraction of sp³-hybridized carbons (Fsp3) is 0.562. The zero-order valence-electron chi connectivity index (χ0n) is 12.0. The lowest BCUT2D eigenvalue weighted by Gasteiger charge is -2.34. The third kappa shape index (κ3) is 3.83. The molecule has 0 N–H and O–H groups in total. The monoisotopic (exact) mass is 340 g/mol. The van der Waals surface area contributed by atoms with Crippen molar-refractivity contribution in [2.75, 3.05) is 13.2 Å². The molecule has 0 aliphatic heterocycles. The van der Waals surface area contributed by atoms with Gasteiger partial charge in [0.1, 0.15) is 5.75 Å². The number of Topliss-reactive ketones (excluding diaryl/α,β-unsaturated/α-hetero) is 1. The Morgan fingerprint density at radius 2 is 2.05 bits per heavy atom. The van der Waals surface area contributed by atoms with Crippen molar-refractivity contribution in [2.24, 2.45) is 5.92 Å². The fourth-order valence-corrected chi connectivity index (χ4v) is 3.14. The lowest BCUT2D eigenvalue weighted by atomic mass is 9.78. The highest BCUT2D eigenvalue weighted by atomic mass is 79.9. The molecule has 1 aromatic rings. The van der Waals surface area contributed by atoms with Gasteiger partial charge in [-0.2, -0.15) is 0 Å². The minimum Gasteiger partial charge on any atom is -0.494 e. The van der Waals surface area contributed by atoms with Crippen LogP contribution in [0.3, 0.4) is 0 Å². The summed E-state index contributed by atoms with van der Waals surface area (Å²) in [5, 5.41) is 0. The Labute approximate surface area is 128 Å². The lowest BCUT2D eigenvalue weighted by Crippen LogP contribution is -2.32. The first-order valence-electron chi connectivity index (χ1n) is 7.21. The quantitative estimate of drug-likeness (QED) is 0.696. The van der Waals surface area contributed by atoms with E-state index < -0.39 is 0 Å². The van der Waals surface area contributed by atoms with E-state index in [9.17, 15) is 4.79 Å². The van der Waals surface area contributed by atoms with E-state index in [2.05, 4.69) is 15.9 Å². The number of rotatable bonds is 7. The molecule has 0 unspecified atom stereocenters. The van der Waals surface area contributed by atoms with Crippen molar-refractivity contribution in [1.29, 1.82) is 0 Å². The number of carbonyl (C=O) groups is 1. The smallest absolute Gasteiger partial charge is 0.164 e. The van der Waals surface area contributed by atoms with Crippen LogP contribution in [0, 0.1) is 5.92 Å². The summed E-state index contributed by atoms with van der Waals surface area (Å²) in [5.41, 5.74) is 0.744. The molecule has 1 aliphatic rings. The first kappa shape index (κ1) is 15.5. The summed E-state index contributed by atoms with van der Waals surface area (Å²) >= 11 is 3.46. The summed E-state index contributed by atoms with van der Waals surface area (Å²) in [6, 6.07) is 5.56. The molecule has 0 bridgehead atoms. The molecule has 1 saturated carbocycles. The van der Waals surface area contributed by atoms with E-state index in [4.69, 9.17) is 9.47 Å². The summed E-state index contributed by atoms with van der Waals surface area (Å²) < 4.78 is 11.8. The first-order chi connectivity index (χ1) is 9.63. The molecule has 110 valence electrons. The number of ether oxygens (including phenoxy) is 2. The summed E-state index contributed by atoms with van der Waals surface area (Å²) in [4.78, 5) is 12.3. The molecular formula is C16H21BrO3. The van der Waals surface area contributed by atoms with Crippen LogP contribution in [0.2, 0.25) is 0 Å². The normalized spacial score (nSPS) is 21.4. The van der Waals surface area contributed by atoms with Gasteiger partial charge in [0.2, 0.25) is 0 Å². The summed E-state index contributed by atoms with van der Waals surface area (Å²) in [7, 11) is 0. The molecule has 0 amide bonds. The molecule has 0 atom stereocenters. The van der Waals surface area contributed by atoms with Crippen molar-refractivity contribution in [3.05, 3.63) is 28.2 Å². The number of ketones is 1. The first-order valence-corrected chi connectivity index (χ1v) is 8.00. The highest BCUT2D eigenvalue weighted by Gasteiger charge is 2.31. The number of halogens is 1. The van der Waals surface area contributed by atoms with E-state index in [1.165, 1.54) is 0 Å². The van der Waals surface area contributed by atoms with Gasteiger partial charge in [-0.1, -0.05) is 0 Å². The van der Waals surface area contributed by atoms with E-state index >= 15 is 0 Å².